The van der Waals surface area contributed by atoms with Gasteiger partial charge in [0.05, 0.1) is 24.5 Å². The van der Waals surface area contributed by atoms with Gasteiger partial charge in [-0.15, -0.1) is 0 Å². The molecule has 0 fully saturated rings. The van der Waals surface area contributed by atoms with Crippen LogP contribution in [0.15, 0.2) is 0 Å². The molecular weight excluding hydrogens is 489 g/mol. The standard InChI is InChI=1S/C10H16N2O8.3Na.H2O5S2/c13-7(14)3-11(4-8(15)16)1-2-12(5-9(17)18)6-10(19)20;;;;1-6(2)7(3,4)5/h1-6H2,(H,13,14)(H,15,16)(H,17,18)(H,19,20);;;;(H,1,2)(H,3,4,5)/q;3*+1;/p-3. The third-order valence-corrected chi connectivity index (χ3v) is 3.77. The van der Waals surface area contributed by atoms with Crippen molar-refractivity contribution in [3.8, 4) is 0 Å². The zero-order chi connectivity index (χ0) is 21.8. The molecule has 3 N–H and O–H groups in total. The van der Waals surface area contributed by atoms with E-state index < -0.39 is 69.3 Å². The van der Waals surface area contributed by atoms with Gasteiger partial charge in [0, 0.05) is 32.7 Å². The third-order valence-electron chi connectivity index (χ3n) is 2.33. The summed E-state index contributed by atoms with van der Waals surface area (Å²) in [4.78, 5) is 43.7. The molecule has 0 rings (SSSR count). The van der Waals surface area contributed by atoms with Crippen LogP contribution in [0.25, 0.3) is 0 Å². The molecule has 1 unspecified atom stereocenters. The van der Waals surface area contributed by atoms with Crippen molar-refractivity contribution < 1.29 is 150 Å². The minimum atomic E-state index is -4.71. The van der Waals surface area contributed by atoms with Crippen molar-refractivity contribution in [2.45, 2.75) is 0 Å². The summed E-state index contributed by atoms with van der Waals surface area (Å²) < 4.78 is 43.0. The minimum absolute atomic E-state index is 0. The molecule has 0 spiro atoms. The maximum Gasteiger partial charge on any atom is 1.00 e. The molecule has 0 saturated heterocycles. The molecule has 0 aliphatic heterocycles. The van der Waals surface area contributed by atoms with Crippen molar-refractivity contribution in [3.63, 3.8) is 0 Å². The predicted octanol–water partition coefficient (Wildman–Crippen LogP) is -16.1. The van der Waals surface area contributed by atoms with Crippen LogP contribution in [0.3, 0.4) is 0 Å². The van der Waals surface area contributed by atoms with Gasteiger partial charge in [0.25, 0.3) is 0 Å². The summed E-state index contributed by atoms with van der Waals surface area (Å²) >= 11 is 0. The normalized spacial score (nSPS) is 10.9. The van der Waals surface area contributed by atoms with Gasteiger partial charge in [0.1, 0.15) is 0 Å². The van der Waals surface area contributed by atoms with Crippen molar-refractivity contribution in [2.75, 3.05) is 39.3 Å². The molecule has 0 aromatic heterocycles. The van der Waals surface area contributed by atoms with Gasteiger partial charge in [-0.2, -0.15) is 8.42 Å². The second-order valence-electron chi connectivity index (χ2n) is 4.58. The van der Waals surface area contributed by atoms with Crippen molar-refractivity contribution in [2.24, 2.45) is 0 Å². The average Bonchev–Trinajstić information content (AvgIpc) is 2.41. The molecular formula is C10H15N2Na3O13S2. The fraction of sp³-hybridized carbons (Fsp3) is 0.600. The molecule has 158 valence electrons. The largest absolute Gasteiger partial charge is 1.00 e. The molecule has 0 bridgehead atoms. The number of carbonyl (C=O) groups excluding carboxylic acids is 3. The molecule has 0 amide bonds. The Morgan fingerprint density at radius 2 is 1.00 bits per heavy atom. The molecule has 0 aliphatic rings. The monoisotopic (exact) mass is 504 g/mol. The van der Waals surface area contributed by atoms with E-state index in [-0.39, 0.29) is 102 Å². The van der Waals surface area contributed by atoms with Crippen LogP contribution in [-0.2, 0) is 38.4 Å². The van der Waals surface area contributed by atoms with E-state index in [2.05, 4.69) is 0 Å². The first-order valence-corrected chi connectivity index (χ1v) is 9.56. The summed E-state index contributed by atoms with van der Waals surface area (Å²) in [6, 6.07) is 0. The number of nitrogens with zero attached hydrogens (tertiary/aromatic N) is 2. The van der Waals surface area contributed by atoms with E-state index in [9.17, 15) is 47.1 Å². The fourth-order valence-corrected chi connectivity index (χ4v) is 1.45. The number of carboxylic acids is 4. The Morgan fingerprint density at radius 3 is 1.17 bits per heavy atom. The fourth-order valence-electron chi connectivity index (χ4n) is 1.45. The summed E-state index contributed by atoms with van der Waals surface area (Å²) in [6.45, 7) is -3.00. The van der Waals surface area contributed by atoms with Crippen molar-refractivity contribution in [3.05, 3.63) is 0 Å². The zero-order valence-electron chi connectivity index (χ0n) is 16.4. The second kappa shape index (κ2) is 21.7. The van der Waals surface area contributed by atoms with Crippen LogP contribution in [-0.4, -0.2) is 99.8 Å². The van der Waals surface area contributed by atoms with E-state index in [1.165, 1.54) is 0 Å². The topological polar surface area (TPSA) is 256 Å². The second-order valence-corrected chi connectivity index (χ2v) is 7.98. The van der Waals surface area contributed by atoms with Gasteiger partial charge in [0.15, 0.2) is 0 Å². The van der Waals surface area contributed by atoms with Crippen LogP contribution in [0.4, 0.5) is 0 Å². The van der Waals surface area contributed by atoms with Crippen LogP contribution in [0, 0.1) is 0 Å². The molecule has 0 heterocycles. The SMILES string of the molecule is O=C([O-])CN(CCN(CC(=O)[O-])CC(=O)O)CC(=O)[O-].O=S(O)S(=O)(=O)O.[Na+].[Na+].[Na+]. The van der Waals surface area contributed by atoms with Gasteiger partial charge in [-0.3, -0.25) is 23.7 Å². The van der Waals surface area contributed by atoms with Gasteiger partial charge >= 0.3 is 114 Å². The molecule has 0 saturated carbocycles. The summed E-state index contributed by atoms with van der Waals surface area (Å²) in [6.07, 6.45) is 0. The molecule has 20 heteroatoms. The Bertz CT molecular complexity index is 608. The minimum Gasteiger partial charge on any atom is -0.549 e. The molecule has 0 radical (unpaired) electrons. The molecule has 30 heavy (non-hydrogen) atoms. The van der Waals surface area contributed by atoms with E-state index in [0.29, 0.717) is 0 Å². The first-order chi connectivity index (χ1) is 12.1. The van der Waals surface area contributed by atoms with Crippen LogP contribution < -0.4 is 104 Å². The zero-order valence-corrected chi connectivity index (χ0v) is 24.0. The molecule has 0 aromatic rings. The van der Waals surface area contributed by atoms with Crippen LogP contribution in [0.5, 0.6) is 0 Å². The predicted molar refractivity (Wildman–Crippen MR) is 77.9 cm³/mol. The van der Waals surface area contributed by atoms with Gasteiger partial charge in [-0.25, -0.2) is 4.21 Å². The third kappa shape index (κ3) is 28.8. The van der Waals surface area contributed by atoms with Crippen molar-refractivity contribution >= 4 is 43.1 Å². The summed E-state index contributed by atoms with van der Waals surface area (Å²) in [5, 5.41) is 39.8. The molecule has 0 aliphatic carbocycles. The summed E-state index contributed by atoms with van der Waals surface area (Å²) in [7, 11) is -7.87. The van der Waals surface area contributed by atoms with E-state index in [1.807, 2.05) is 0 Å². The Kier molecular flexibility index (Phi) is 29.7. The number of rotatable bonds is 12. The Balaban J connectivity index is -0.000000180. The average molecular weight is 504 g/mol. The smallest absolute Gasteiger partial charge is 0.549 e. The van der Waals surface area contributed by atoms with E-state index in [0.717, 1.165) is 9.80 Å². The number of carbonyl (C=O) groups is 4. The quantitative estimate of drug-likeness (QED) is 0.0964. The first kappa shape index (κ1) is 41.1. The van der Waals surface area contributed by atoms with Gasteiger partial charge in [0.2, 0.25) is 0 Å². The van der Waals surface area contributed by atoms with Crippen LogP contribution in [0.1, 0.15) is 0 Å². The van der Waals surface area contributed by atoms with Gasteiger partial charge in [-0.05, 0) is 0 Å². The van der Waals surface area contributed by atoms with Crippen LogP contribution in [0.2, 0.25) is 0 Å². The number of hydrogen-bond acceptors (Lipinski definition) is 12. The Morgan fingerprint density at radius 1 is 0.767 bits per heavy atom. The Labute approximate surface area is 239 Å². The van der Waals surface area contributed by atoms with E-state index in [1.54, 1.807) is 0 Å². The first-order valence-electron chi connectivity index (χ1n) is 6.50. The maximum absolute atomic E-state index is 10.5. The van der Waals surface area contributed by atoms with Gasteiger partial charge < -0.3 is 34.8 Å². The molecule has 15 nitrogen and oxygen atoms in total. The van der Waals surface area contributed by atoms with Crippen molar-refractivity contribution in [1.82, 2.24) is 9.80 Å². The number of carboxylic acid groups (broad SMARTS) is 4. The molecule has 1 atom stereocenters. The Hall–Kier alpha value is 0.820. The maximum atomic E-state index is 10.5. The number of hydrogen-bond donors (Lipinski definition) is 3. The van der Waals surface area contributed by atoms with Gasteiger partial charge in [-0.1, -0.05) is 0 Å². The van der Waals surface area contributed by atoms with E-state index in [4.69, 9.17) is 14.2 Å². The van der Waals surface area contributed by atoms with Crippen molar-refractivity contribution in [1.29, 1.82) is 0 Å². The van der Waals surface area contributed by atoms with Crippen LogP contribution >= 0.6 is 0 Å². The number of aliphatic carboxylic acids is 4. The van der Waals surface area contributed by atoms with E-state index >= 15 is 0 Å². The summed E-state index contributed by atoms with van der Waals surface area (Å²) in [5.41, 5.74) is 0. The molecule has 0 aromatic carbocycles. The summed E-state index contributed by atoms with van der Waals surface area (Å²) in [5.74, 6) is -5.82.